The second-order valence-electron chi connectivity index (χ2n) is 8.09. The van der Waals surface area contributed by atoms with Crippen LogP contribution in [-0.4, -0.2) is 36.2 Å². The van der Waals surface area contributed by atoms with Crippen LogP contribution < -0.4 is 10.1 Å². The van der Waals surface area contributed by atoms with Gasteiger partial charge < -0.3 is 10.1 Å². The quantitative estimate of drug-likeness (QED) is 0.850. The molecule has 0 unspecified atom stereocenters. The van der Waals surface area contributed by atoms with Gasteiger partial charge in [-0.3, -0.25) is 4.90 Å². The van der Waals surface area contributed by atoms with Crippen molar-refractivity contribution in [2.75, 3.05) is 13.1 Å². The molecule has 2 aliphatic rings. The van der Waals surface area contributed by atoms with Crippen molar-refractivity contribution < 1.29 is 9.13 Å². The molecular formula is C23H29FN2O. The highest BCUT2D eigenvalue weighted by atomic mass is 19.1. The molecule has 0 spiro atoms. The van der Waals surface area contributed by atoms with Crippen LogP contribution in [-0.2, 0) is 6.54 Å². The Balaban J connectivity index is 1.50. The van der Waals surface area contributed by atoms with Gasteiger partial charge in [0.1, 0.15) is 11.6 Å². The summed E-state index contributed by atoms with van der Waals surface area (Å²) in [7, 11) is 0. The van der Waals surface area contributed by atoms with E-state index in [1.54, 1.807) is 12.1 Å². The van der Waals surface area contributed by atoms with E-state index in [0.29, 0.717) is 18.0 Å². The molecule has 0 amide bonds. The van der Waals surface area contributed by atoms with E-state index >= 15 is 0 Å². The van der Waals surface area contributed by atoms with Gasteiger partial charge in [0.2, 0.25) is 0 Å². The van der Waals surface area contributed by atoms with Crippen molar-refractivity contribution in [3.8, 4) is 5.75 Å². The number of piperidine rings is 1. The first kappa shape index (κ1) is 18.5. The number of fused-ring (bicyclic) bond motifs is 1. The summed E-state index contributed by atoms with van der Waals surface area (Å²) in [5.41, 5.74) is 2.56. The first-order valence-electron chi connectivity index (χ1n) is 10.1. The maximum absolute atomic E-state index is 13.3. The third-order valence-electron chi connectivity index (χ3n) is 5.79. The van der Waals surface area contributed by atoms with Crippen LogP contribution in [0.15, 0.2) is 48.5 Å². The second-order valence-corrected chi connectivity index (χ2v) is 8.09. The van der Waals surface area contributed by atoms with Crippen LogP contribution in [0.1, 0.15) is 43.7 Å². The average Bonchev–Trinajstić information content (AvgIpc) is 3.09. The molecule has 0 radical (unpaired) electrons. The van der Waals surface area contributed by atoms with Crippen LogP contribution in [0.4, 0.5) is 4.39 Å². The van der Waals surface area contributed by atoms with E-state index in [4.69, 9.17) is 4.74 Å². The molecule has 3 atom stereocenters. The lowest BCUT2D eigenvalue weighted by Gasteiger charge is -2.40. The van der Waals surface area contributed by atoms with E-state index in [-0.39, 0.29) is 11.9 Å². The van der Waals surface area contributed by atoms with Gasteiger partial charge in [0, 0.05) is 31.1 Å². The van der Waals surface area contributed by atoms with Gasteiger partial charge in [-0.1, -0.05) is 24.3 Å². The van der Waals surface area contributed by atoms with Gasteiger partial charge in [0.25, 0.3) is 0 Å². The maximum atomic E-state index is 13.3. The Hall–Kier alpha value is -1.91. The van der Waals surface area contributed by atoms with Crippen molar-refractivity contribution in [2.45, 2.75) is 57.3 Å². The Kier molecular flexibility index (Phi) is 5.46. The zero-order valence-electron chi connectivity index (χ0n) is 16.2. The Labute approximate surface area is 161 Å². The summed E-state index contributed by atoms with van der Waals surface area (Å²) in [4.78, 5) is 2.61. The van der Waals surface area contributed by atoms with Gasteiger partial charge >= 0.3 is 0 Å². The minimum Gasteiger partial charge on any atom is -0.491 e. The van der Waals surface area contributed by atoms with Crippen LogP contribution in [0.25, 0.3) is 0 Å². The lowest BCUT2D eigenvalue weighted by molar-refractivity contribution is 0.120. The minimum atomic E-state index is -0.162. The maximum Gasteiger partial charge on any atom is 0.123 e. The zero-order valence-corrected chi connectivity index (χ0v) is 16.2. The van der Waals surface area contributed by atoms with E-state index in [9.17, 15) is 4.39 Å². The van der Waals surface area contributed by atoms with Crippen molar-refractivity contribution in [2.24, 2.45) is 0 Å². The molecule has 3 nitrogen and oxygen atoms in total. The molecule has 2 aromatic carbocycles. The lowest BCUT2D eigenvalue weighted by atomic mass is 9.86. The fraction of sp³-hybridized carbons (Fsp3) is 0.478. The fourth-order valence-corrected chi connectivity index (χ4v) is 4.63. The molecule has 144 valence electrons. The van der Waals surface area contributed by atoms with Crippen LogP contribution in [0.5, 0.6) is 5.75 Å². The monoisotopic (exact) mass is 368 g/mol. The highest BCUT2D eigenvalue weighted by Gasteiger charge is 2.42. The van der Waals surface area contributed by atoms with Crippen molar-refractivity contribution in [1.29, 1.82) is 0 Å². The number of likely N-dealkylation sites (tertiary alicyclic amines) is 1. The van der Waals surface area contributed by atoms with Crippen LogP contribution in [0, 0.1) is 5.82 Å². The van der Waals surface area contributed by atoms with Gasteiger partial charge in [-0.25, -0.2) is 4.39 Å². The summed E-state index contributed by atoms with van der Waals surface area (Å²) in [6.07, 6.45) is 2.64. The second kappa shape index (κ2) is 7.99. The number of hydrogen-bond acceptors (Lipinski definition) is 3. The van der Waals surface area contributed by atoms with E-state index in [1.165, 1.54) is 24.0 Å². The summed E-state index contributed by atoms with van der Waals surface area (Å²) >= 11 is 0. The molecule has 0 aromatic heterocycles. The third kappa shape index (κ3) is 4.17. The number of nitrogens with zero attached hydrogens (tertiary/aromatic N) is 1. The van der Waals surface area contributed by atoms with Crippen molar-refractivity contribution in [3.63, 3.8) is 0 Å². The van der Waals surface area contributed by atoms with Crippen molar-refractivity contribution in [1.82, 2.24) is 10.2 Å². The average molecular weight is 368 g/mol. The molecule has 2 saturated heterocycles. The van der Waals surface area contributed by atoms with Gasteiger partial charge in [0.15, 0.2) is 0 Å². The first-order chi connectivity index (χ1) is 13.1. The Morgan fingerprint density at radius 3 is 2.56 bits per heavy atom. The summed E-state index contributed by atoms with van der Waals surface area (Å²) in [5, 5.41) is 3.71. The molecule has 2 aromatic rings. The Morgan fingerprint density at radius 2 is 1.85 bits per heavy atom. The lowest BCUT2D eigenvalue weighted by Crippen LogP contribution is -2.49. The van der Waals surface area contributed by atoms with E-state index in [0.717, 1.165) is 25.4 Å². The van der Waals surface area contributed by atoms with Crippen molar-refractivity contribution in [3.05, 3.63) is 65.5 Å². The normalized spacial score (nSPS) is 25.6. The highest BCUT2D eigenvalue weighted by molar-refractivity contribution is 5.29. The number of nitrogens with one attached hydrogen (secondary N) is 1. The Morgan fingerprint density at radius 1 is 1.11 bits per heavy atom. The molecule has 0 bridgehead atoms. The number of rotatable bonds is 5. The molecule has 1 N–H and O–H groups in total. The molecule has 4 heteroatoms. The molecule has 27 heavy (non-hydrogen) atoms. The molecule has 0 saturated carbocycles. The van der Waals surface area contributed by atoms with Gasteiger partial charge in [0.05, 0.1) is 6.10 Å². The first-order valence-corrected chi connectivity index (χ1v) is 10.1. The standard InChI is InChI=1S/C23H29FN2O/c1-16(2)27-20-11-5-17(6-12-20)15-26-13-3-4-22-23(26)21(14-25-22)18-7-9-19(24)10-8-18/h5-12,16,21-23,25H,3-4,13-15H2,1-2H3/t21-,22-,23-/m1/s1. The summed E-state index contributed by atoms with van der Waals surface area (Å²) in [6.45, 7) is 7.13. The number of halogens is 1. The number of benzene rings is 2. The van der Waals surface area contributed by atoms with Crippen LogP contribution in [0.3, 0.4) is 0 Å². The predicted octanol–water partition coefficient (Wildman–Crippen LogP) is 4.33. The summed E-state index contributed by atoms with van der Waals surface area (Å²) < 4.78 is 19.1. The fourth-order valence-electron chi connectivity index (χ4n) is 4.63. The topological polar surface area (TPSA) is 24.5 Å². The van der Waals surface area contributed by atoms with Gasteiger partial charge in [-0.2, -0.15) is 0 Å². The number of hydrogen-bond donors (Lipinski definition) is 1. The minimum absolute atomic E-state index is 0.162. The summed E-state index contributed by atoms with van der Waals surface area (Å²) in [5.74, 6) is 1.18. The molecule has 0 aliphatic carbocycles. The summed E-state index contributed by atoms with van der Waals surface area (Å²) in [6, 6.07) is 16.6. The van der Waals surface area contributed by atoms with Crippen LogP contribution >= 0.6 is 0 Å². The smallest absolute Gasteiger partial charge is 0.123 e. The molecule has 2 aliphatic heterocycles. The molecule has 2 heterocycles. The SMILES string of the molecule is CC(C)Oc1ccc(CN2CCC[C@H]3NC[C@H](c4ccc(F)cc4)[C@H]32)cc1. The zero-order chi connectivity index (χ0) is 18.8. The highest BCUT2D eigenvalue weighted by Crippen LogP contribution is 2.36. The molecule has 2 fully saturated rings. The van der Waals surface area contributed by atoms with E-state index in [1.807, 2.05) is 26.0 Å². The van der Waals surface area contributed by atoms with Gasteiger partial charge in [-0.05, 0) is 68.6 Å². The third-order valence-corrected chi connectivity index (χ3v) is 5.79. The predicted molar refractivity (Wildman–Crippen MR) is 107 cm³/mol. The molecule has 4 rings (SSSR count). The van der Waals surface area contributed by atoms with Crippen LogP contribution in [0.2, 0.25) is 0 Å². The van der Waals surface area contributed by atoms with Gasteiger partial charge in [-0.15, -0.1) is 0 Å². The van der Waals surface area contributed by atoms with Crippen molar-refractivity contribution >= 4 is 0 Å². The van der Waals surface area contributed by atoms with E-state index in [2.05, 4.69) is 34.5 Å². The molecular weight excluding hydrogens is 339 g/mol. The number of ether oxygens (including phenoxy) is 1. The largest absolute Gasteiger partial charge is 0.491 e. The Bertz CT molecular complexity index is 744. The van der Waals surface area contributed by atoms with E-state index < -0.39 is 0 Å².